The van der Waals surface area contributed by atoms with Crippen molar-refractivity contribution in [1.82, 2.24) is 20.2 Å². The van der Waals surface area contributed by atoms with E-state index in [-0.39, 0.29) is 23.1 Å². The van der Waals surface area contributed by atoms with Gasteiger partial charge in [-0.2, -0.15) is 0 Å². The molecule has 27 heavy (non-hydrogen) atoms. The molecule has 0 saturated carbocycles. The van der Waals surface area contributed by atoms with Crippen LogP contribution in [0.5, 0.6) is 0 Å². The second-order valence-electron chi connectivity index (χ2n) is 8.60. The summed E-state index contributed by atoms with van der Waals surface area (Å²) in [7, 11) is 0. The standard InChI is InChI=1S/C21H34N4O2/c1-7-10-22-18(26)12-17-14(2)23-19(24-15(17)3)16-9-8-11-25(13-16)20(27)21(4,5)6/h16H,7-13H2,1-6H3,(H,22,26)/t16-/m1/s1. The van der Waals surface area contributed by atoms with Crippen molar-refractivity contribution in [3.05, 3.63) is 22.8 Å². The number of amides is 2. The highest BCUT2D eigenvalue weighted by Gasteiger charge is 2.32. The molecule has 1 aliphatic rings. The predicted molar refractivity (Wildman–Crippen MR) is 107 cm³/mol. The molecule has 0 bridgehead atoms. The molecule has 0 spiro atoms. The van der Waals surface area contributed by atoms with Crippen LogP contribution in [0.1, 0.15) is 75.7 Å². The molecular weight excluding hydrogens is 340 g/mol. The molecule has 1 aromatic heterocycles. The largest absolute Gasteiger partial charge is 0.356 e. The van der Waals surface area contributed by atoms with Gasteiger partial charge in [0, 0.05) is 47.9 Å². The average molecular weight is 375 g/mol. The van der Waals surface area contributed by atoms with Gasteiger partial charge in [-0.3, -0.25) is 9.59 Å². The number of aromatic nitrogens is 2. The molecule has 2 heterocycles. The monoisotopic (exact) mass is 374 g/mol. The quantitative estimate of drug-likeness (QED) is 0.860. The summed E-state index contributed by atoms with van der Waals surface area (Å²) in [4.78, 5) is 36.1. The topological polar surface area (TPSA) is 75.2 Å². The minimum Gasteiger partial charge on any atom is -0.356 e. The molecule has 1 fully saturated rings. The maximum Gasteiger partial charge on any atom is 0.227 e. The molecule has 1 N–H and O–H groups in total. The molecule has 2 amide bonds. The Balaban J connectivity index is 2.15. The van der Waals surface area contributed by atoms with Crippen molar-refractivity contribution in [3.63, 3.8) is 0 Å². The third-order valence-electron chi connectivity index (χ3n) is 5.06. The first kappa shape index (κ1) is 21.3. The highest BCUT2D eigenvalue weighted by Crippen LogP contribution is 2.29. The van der Waals surface area contributed by atoms with Crippen molar-refractivity contribution in [3.8, 4) is 0 Å². The lowest BCUT2D eigenvalue weighted by Gasteiger charge is -2.36. The molecule has 1 aliphatic heterocycles. The van der Waals surface area contributed by atoms with Crippen molar-refractivity contribution >= 4 is 11.8 Å². The van der Waals surface area contributed by atoms with E-state index in [2.05, 4.69) is 5.32 Å². The first-order valence-corrected chi connectivity index (χ1v) is 10.0. The number of hydrogen-bond donors (Lipinski definition) is 1. The van der Waals surface area contributed by atoms with Crippen LogP contribution < -0.4 is 5.32 Å². The maximum atomic E-state index is 12.6. The van der Waals surface area contributed by atoms with Crippen molar-refractivity contribution in [2.75, 3.05) is 19.6 Å². The number of nitrogens with one attached hydrogen (secondary N) is 1. The molecule has 0 radical (unpaired) electrons. The van der Waals surface area contributed by atoms with Crippen molar-refractivity contribution < 1.29 is 9.59 Å². The van der Waals surface area contributed by atoms with Crippen LogP contribution in [0.2, 0.25) is 0 Å². The third kappa shape index (κ3) is 5.50. The molecule has 6 heteroatoms. The smallest absolute Gasteiger partial charge is 0.227 e. The van der Waals surface area contributed by atoms with E-state index in [9.17, 15) is 9.59 Å². The highest BCUT2D eigenvalue weighted by molar-refractivity contribution is 5.81. The van der Waals surface area contributed by atoms with Crippen molar-refractivity contribution in [1.29, 1.82) is 0 Å². The van der Waals surface area contributed by atoms with Gasteiger partial charge in [-0.25, -0.2) is 9.97 Å². The lowest BCUT2D eigenvalue weighted by molar-refractivity contribution is -0.140. The second-order valence-corrected chi connectivity index (χ2v) is 8.60. The van der Waals surface area contributed by atoms with Gasteiger partial charge in [0.15, 0.2) is 0 Å². The number of aryl methyl sites for hydroxylation is 2. The minimum atomic E-state index is -0.371. The zero-order valence-corrected chi connectivity index (χ0v) is 17.7. The summed E-state index contributed by atoms with van der Waals surface area (Å²) in [5.74, 6) is 1.16. The first-order chi connectivity index (χ1) is 12.6. The number of likely N-dealkylation sites (tertiary alicyclic amines) is 1. The molecule has 150 valence electrons. The molecule has 1 atom stereocenters. The van der Waals surface area contributed by atoms with Gasteiger partial charge >= 0.3 is 0 Å². The zero-order chi connectivity index (χ0) is 20.2. The van der Waals surface area contributed by atoms with Gasteiger partial charge in [-0.15, -0.1) is 0 Å². The Kier molecular flexibility index (Phi) is 6.95. The molecule has 0 aliphatic carbocycles. The van der Waals surface area contributed by atoms with E-state index in [0.717, 1.165) is 48.6 Å². The summed E-state index contributed by atoms with van der Waals surface area (Å²) in [6.45, 7) is 14.0. The number of carbonyl (C=O) groups is 2. The number of rotatable bonds is 5. The van der Waals surface area contributed by atoms with Gasteiger partial charge in [-0.05, 0) is 33.1 Å². The van der Waals surface area contributed by atoms with E-state index >= 15 is 0 Å². The number of carbonyl (C=O) groups excluding carboxylic acids is 2. The summed E-state index contributed by atoms with van der Waals surface area (Å²) in [6.07, 6.45) is 3.19. The van der Waals surface area contributed by atoms with Gasteiger partial charge in [-0.1, -0.05) is 27.7 Å². The second kappa shape index (κ2) is 8.81. The lowest BCUT2D eigenvalue weighted by atomic mass is 9.90. The Labute approximate surface area is 163 Å². The van der Waals surface area contributed by atoms with E-state index in [1.807, 2.05) is 46.4 Å². The van der Waals surface area contributed by atoms with Crippen molar-refractivity contribution in [2.24, 2.45) is 5.41 Å². The minimum absolute atomic E-state index is 0.0130. The van der Waals surface area contributed by atoms with Crippen LogP contribution in [-0.4, -0.2) is 46.3 Å². The fourth-order valence-electron chi connectivity index (χ4n) is 3.54. The summed E-state index contributed by atoms with van der Waals surface area (Å²) >= 11 is 0. The van der Waals surface area contributed by atoms with Gasteiger partial charge in [0.05, 0.1) is 6.42 Å². The van der Waals surface area contributed by atoms with Crippen LogP contribution in [0.3, 0.4) is 0 Å². The molecule has 0 unspecified atom stereocenters. The van der Waals surface area contributed by atoms with Gasteiger partial charge in [0.25, 0.3) is 0 Å². The predicted octanol–water partition coefficient (Wildman–Crippen LogP) is 2.91. The molecule has 2 rings (SSSR count). The molecule has 0 aromatic carbocycles. The van der Waals surface area contributed by atoms with Gasteiger partial charge in [0.1, 0.15) is 5.82 Å². The van der Waals surface area contributed by atoms with E-state index in [1.54, 1.807) is 0 Å². The lowest BCUT2D eigenvalue weighted by Crippen LogP contribution is -2.45. The van der Waals surface area contributed by atoms with Gasteiger partial charge < -0.3 is 10.2 Å². The van der Waals surface area contributed by atoms with Crippen LogP contribution in [-0.2, 0) is 16.0 Å². The van der Waals surface area contributed by atoms with E-state index in [0.29, 0.717) is 19.5 Å². The number of hydrogen-bond acceptors (Lipinski definition) is 4. The Morgan fingerprint density at radius 1 is 1.19 bits per heavy atom. The summed E-state index contributed by atoms with van der Waals surface area (Å²) in [5, 5.41) is 2.91. The van der Waals surface area contributed by atoms with Crippen molar-refractivity contribution in [2.45, 2.75) is 73.1 Å². The Hall–Kier alpha value is -1.98. The molecular formula is C21H34N4O2. The maximum absolute atomic E-state index is 12.6. The van der Waals surface area contributed by atoms with E-state index < -0.39 is 0 Å². The fourth-order valence-corrected chi connectivity index (χ4v) is 3.54. The van der Waals surface area contributed by atoms with Crippen LogP contribution in [0.15, 0.2) is 0 Å². The van der Waals surface area contributed by atoms with E-state index in [4.69, 9.17) is 9.97 Å². The zero-order valence-electron chi connectivity index (χ0n) is 17.7. The normalized spacial score (nSPS) is 17.7. The summed E-state index contributed by atoms with van der Waals surface area (Å²) in [5.41, 5.74) is 2.27. The number of piperidine rings is 1. The summed E-state index contributed by atoms with van der Waals surface area (Å²) in [6, 6.07) is 0. The molecule has 1 saturated heterocycles. The Morgan fingerprint density at radius 2 is 1.81 bits per heavy atom. The molecule has 6 nitrogen and oxygen atoms in total. The fraction of sp³-hybridized carbons (Fsp3) is 0.714. The van der Waals surface area contributed by atoms with Crippen LogP contribution >= 0.6 is 0 Å². The van der Waals surface area contributed by atoms with Crippen LogP contribution in [0, 0.1) is 19.3 Å². The Morgan fingerprint density at radius 3 is 2.37 bits per heavy atom. The summed E-state index contributed by atoms with van der Waals surface area (Å²) < 4.78 is 0. The average Bonchev–Trinajstić information content (AvgIpc) is 2.61. The molecule has 1 aromatic rings. The third-order valence-corrected chi connectivity index (χ3v) is 5.06. The SMILES string of the molecule is CCCNC(=O)Cc1c(C)nc([C@@H]2CCCN(C(=O)C(C)(C)C)C2)nc1C. The van der Waals surface area contributed by atoms with Crippen LogP contribution in [0.4, 0.5) is 0 Å². The van der Waals surface area contributed by atoms with Gasteiger partial charge in [0.2, 0.25) is 11.8 Å². The number of nitrogens with zero attached hydrogens (tertiary/aromatic N) is 3. The Bertz CT molecular complexity index is 671. The van der Waals surface area contributed by atoms with E-state index in [1.165, 1.54) is 0 Å². The van der Waals surface area contributed by atoms with Crippen LogP contribution in [0.25, 0.3) is 0 Å². The highest BCUT2D eigenvalue weighted by atomic mass is 16.2. The first-order valence-electron chi connectivity index (χ1n) is 10.0.